The molecule has 1 amide bonds. The van der Waals surface area contributed by atoms with Crippen LogP contribution in [0.5, 0.6) is 5.75 Å². The largest absolute Gasteiger partial charge is 0.506 e. The Bertz CT molecular complexity index is 951. The van der Waals surface area contributed by atoms with E-state index in [4.69, 9.17) is 15.0 Å². The summed E-state index contributed by atoms with van der Waals surface area (Å²) in [5, 5.41) is 16.4. The van der Waals surface area contributed by atoms with E-state index in [2.05, 4.69) is 20.4 Å². The van der Waals surface area contributed by atoms with Crippen molar-refractivity contribution in [2.75, 3.05) is 46.6 Å². The molecule has 15 N–H and O–H groups in total. The fourth-order valence-corrected chi connectivity index (χ4v) is 4.30. The first-order valence-electron chi connectivity index (χ1n) is 12.1. The number of anilines is 5. The highest BCUT2D eigenvalue weighted by molar-refractivity contribution is 5.92. The van der Waals surface area contributed by atoms with Crippen molar-refractivity contribution in [1.82, 2.24) is 39.6 Å². The van der Waals surface area contributed by atoms with E-state index in [9.17, 15) is 9.90 Å². The molecule has 2 aliphatic rings. The number of carbonyl (C=O) groups excluding carboxylic acids is 1. The minimum Gasteiger partial charge on any atom is -0.506 e. The summed E-state index contributed by atoms with van der Waals surface area (Å²) in [6.45, 7) is 7.78. The minimum absolute atomic E-state index is 0. The van der Waals surface area contributed by atoms with Gasteiger partial charge >= 0.3 is 0 Å². The first-order valence-corrected chi connectivity index (χ1v) is 12.1. The molecule has 1 aromatic carbocycles. The van der Waals surface area contributed by atoms with Gasteiger partial charge in [0.05, 0.1) is 5.69 Å². The lowest BCUT2D eigenvalue weighted by Gasteiger charge is -2.30. The van der Waals surface area contributed by atoms with Gasteiger partial charge in [-0.15, -0.1) is 12.4 Å². The molecule has 0 aliphatic carbocycles. The summed E-state index contributed by atoms with van der Waals surface area (Å²) in [6, 6.07) is 5.07. The van der Waals surface area contributed by atoms with Crippen molar-refractivity contribution < 1.29 is 15.6 Å². The van der Waals surface area contributed by atoms with Crippen molar-refractivity contribution in [3.63, 3.8) is 0 Å². The van der Waals surface area contributed by atoms with Crippen LogP contribution in [0.3, 0.4) is 0 Å². The fourth-order valence-electron chi connectivity index (χ4n) is 4.30. The zero-order valence-electron chi connectivity index (χ0n) is 22.9. The van der Waals surface area contributed by atoms with E-state index < -0.39 is 0 Å². The van der Waals surface area contributed by atoms with Crippen molar-refractivity contribution in [3.8, 4) is 5.75 Å². The number of hydrogen-bond acceptors (Lipinski definition) is 12. The van der Waals surface area contributed by atoms with Crippen molar-refractivity contribution >= 4 is 47.5 Å². The Kier molecular flexibility index (Phi) is 17.1. The van der Waals surface area contributed by atoms with E-state index in [1.165, 1.54) is 12.8 Å². The SMILES string of the molecule is CC(C)CC(=O)Nc1ccc(Nc2nc(N3CCCCC3)nc(N3CCCCC3)n2)cc1O.Cl.N.N.N.N.[HH].[HH].[HH].[HH]. The Hall–Kier alpha value is -2.97. The summed E-state index contributed by atoms with van der Waals surface area (Å²) in [7, 11) is 0. The van der Waals surface area contributed by atoms with Gasteiger partial charge in [-0.3, -0.25) is 4.79 Å². The second-order valence-corrected chi connectivity index (χ2v) is 9.36. The number of nitrogens with one attached hydrogen (secondary N) is 2. The van der Waals surface area contributed by atoms with E-state index in [0.717, 1.165) is 51.9 Å². The first kappa shape index (κ1) is 37.2. The van der Waals surface area contributed by atoms with Crippen molar-refractivity contribution in [1.29, 1.82) is 0 Å². The number of aromatic nitrogens is 3. The van der Waals surface area contributed by atoms with E-state index in [-0.39, 0.29) is 60.3 Å². The molecule has 0 spiro atoms. The van der Waals surface area contributed by atoms with Gasteiger partial charge in [-0.25, -0.2) is 0 Å². The van der Waals surface area contributed by atoms with Gasteiger partial charge in [0, 0.05) is 50.1 Å². The summed E-state index contributed by atoms with van der Waals surface area (Å²) < 4.78 is 0. The zero-order valence-corrected chi connectivity index (χ0v) is 23.7. The molecule has 4 rings (SSSR count). The number of phenols is 1. The van der Waals surface area contributed by atoms with Crippen LogP contribution in [0.1, 0.15) is 64.5 Å². The van der Waals surface area contributed by atoms with Crippen LogP contribution in [0.4, 0.5) is 29.2 Å². The third-order valence-electron chi connectivity index (χ3n) is 6.01. The Morgan fingerprint density at radius 2 is 1.39 bits per heavy atom. The molecule has 38 heavy (non-hydrogen) atoms. The maximum Gasteiger partial charge on any atom is 0.233 e. The molecule has 226 valence electrons. The van der Waals surface area contributed by atoms with Gasteiger partial charge < -0.3 is 50.1 Å². The Labute approximate surface area is 238 Å². The molecule has 0 radical (unpaired) electrons. The van der Waals surface area contributed by atoms with Gasteiger partial charge in [0.2, 0.25) is 23.8 Å². The predicted molar refractivity (Wildman–Crippen MR) is 167 cm³/mol. The summed E-state index contributed by atoms with van der Waals surface area (Å²) in [4.78, 5) is 30.7. The highest BCUT2D eigenvalue weighted by Gasteiger charge is 2.20. The highest BCUT2D eigenvalue weighted by atomic mass is 35.5. The number of phenolic OH excluding ortho intramolecular Hbond substituents is 1. The maximum absolute atomic E-state index is 12.1. The Morgan fingerprint density at radius 1 is 0.895 bits per heavy atom. The number of aromatic hydroxyl groups is 1. The van der Waals surface area contributed by atoms with E-state index in [1.807, 2.05) is 13.8 Å². The fraction of sp³-hybridized carbons (Fsp3) is 0.583. The second-order valence-electron chi connectivity index (χ2n) is 9.36. The maximum atomic E-state index is 12.1. The molecule has 0 bridgehead atoms. The van der Waals surface area contributed by atoms with Crippen LogP contribution in [0.25, 0.3) is 0 Å². The second kappa shape index (κ2) is 17.5. The summed E-state index contributed by atoms with van der Waals surface area (Å²) in [5.41, 5.74) is 1.04. The number of hydrogen-bond donors (Lipinski definition) is 7. The average Bonchev–Trinajstić information content (AvgIpc) is 2.81. The zero-order chi connectivity index (χ0) is 23.2. The quantitative estimate of drug-likeness (QED) is 0.181. The van der Waals surface area contributed by atoms with Crippen LogP contribution in [0.2, 0.25) is 0 Å². The molecular formula is C24H56ClN11O2. The highest BCUT2D eigenvalue weighted by Crippen LogP contribution is 2.29. The average molecular weight is 566 g/mol. The standard InChI is InChI=1S/C24H35N7O2.ClH.4H3N.4H2/c1-17(2)15-21(33)26-19-10-9-18(16-20(19)32)25-22-27-23(30-11-5-3-6-12-30)29-24(28-22)31-13-7-4-8-14-31;;;;;;;;;/h9-10,16-17,32H,3-8,11-15H2,1-2H3,(H,26,33)(H,25,27,28,29);1H;4*1H3;4*1H. The Balaban J connectivity index is -0.000000360. The molecule has 3 heterocycles. The predicted octanol–water partition coefficient (Wildman–Crippen LogP) is 6.34. The van der Waals surface area contributed by atoms with Crippen LogP contribution < -0.4 is 45.0 Å². The minimum atomic E-state index is -0.115. The van der Waals surface area contributed by atoms with Crippen LogP contribution in [0.15, 0.2) is 18.2 Å². The lowest BCUT2D eigenvalue weighted by Crippen LogP contribution is -2.34. The first-order chi connectivity index (χ1) is 16.0. The lowest BCUT2D eigenvalue weighted by atomic mass is 10.1. The van der Waals surface area contributed by atoms with Gasteiger partial charge in [0.1, 0.15) is 5.75 Å². The molecule has 2 aromatic rings. The van der Waals surface area contributed by atoms with Gasteiger partial charge in [0.15, 0.2) is 0 Å². The molecule has 1 aromatic heterocycles. The van der Waals surface area contributed by atoms with Crippen molar-refractivity contribution in [3.05, 3.63) is 18.2 Å². The van der Waals surface area contributed by atoms with E-state index in [1.54, 1.807) is 18.2 Å². The number of halogens is 1. The van der Waals surface area contributed by atoms with Gasteiger partial charge in [-0.05, 0) is 56.6 Å². The third-order valence-corrected chi connectivity index (χ3v) is 6.01. The molecular weight excluding hydrogens is 510 g/mol. The van der Waals surface area contributed by atoms with Crippen LogP contribution in [0, 0.1) is 5.92 Å². The van der Waals surface area contributed by atoms with Crippen LogP contribution >= 0.6 is 12.4 Å². The third kappa shape index (κ3) is 10.1. The van der Waals surface area contributed by atoms with Crippen LogP contribution in [-0.2, 0) is 4.79 Å². The topological polar surface area (TPSA) is 247 Å². The molecule has 2 aliphatic heterocycles. The van der Waals surface area contributed by atoms with Gasteiger partial charge in [-0.2, -0.15) is 15.0 Å². The van der Waals surface area contributed by atoms with Crippen molar-refractivity contribution in [2.24, 2.45) is 5.92 Å². The summed E-state index contributed by atoms with van der Waals surface area (Å²) in [5.74, 6) is 2.00. The van der Waals surface area contributed by atoms with Gasteiger partial charge in [-0.1, -0.05) is 13.8 Å². The molecule has 0 saturated carbocycles. The number of piperidine rings is 2. The number of benzene rings is 1. The molecule has 14 heteroatoms. The molecule has 2 fully saturated rings. The smallest absolute Gasteiger partial charge is 0.233 e. The van der Waals surface area contributed by atoms with Crippen LogP contribution in [-0.4, -0.2) is 52.1 Å². The Morgan fingerprint density at radius 3 is 1.84 bits per heavy atom. The number of nitrogens with zero attached hydrogens (tertiary/aromatic N) is 5. The summed E-state index contributed by atoms with van der Waals surface area (Å²) in [6.07, 6.45) is 7.46. The monoisotopic (exact) mass is 565 g/mol. The molecule has 0 unspecified atom stereocenters. The normalized spacial score (nSPS) is 14.5. The summed E-state index contributed by atoms with van der Waals surface area (Å²) >= 11 is 0. The number of carbonyl (C=O) groups is 1. The van der Waals surface area contributed by atoms with Crippen molar-refractivity contribution in [2.45, 2.75) is 58.8 Å². The van der Waals surface area contributed by atoms with E-state index in [0.29, 0.717) is 35.6 Å². The molecule has 0 atom stereocenters. The van der Waals surface area contributed by atoms with Gasteiger partial charge in [0.25, 0.3) is 0 Å². The van der Waals surface area contributed by atoms with E-state index >= 15 is 0 Å². The molecule has 2 saturated heterocycles. The number of amides is 1. The lowest BCUT2D eigenvalue weighted by molar-refractivity contribution is -0.116. The number of rotatable bonds is 7. The molecule has 13 nitrogen and oxygen atoms in total.